The fraction of sp³-hybridized carbons (Fsp3) is 0.417. The molecule has 0 saturated heterocycles. The molecule has 0 aliphatic carbocycles. The lowest BCUT2D eigenvalue weighted by molar-refractivity contribution is 0.186. The van der Waals surface area contributed by atoms with E-state index in [2.05, 4.69) is 15.3 Å². The average Bonchev–Trinajstić information content (AvgIpc) is 2.84. The molecule has 0 radical (unpaired) electrons. The molecule has 2 heterocycles. The second-order valence-electron chi connectivity index (χ2n) is 4.38. The van der Waals surface area contributed by atoms with Crippen molar-refractivity contribution in [1.82, 2.24) is 14.5 Å². The summed E-state index contributed by atoms with van der Waals surface area (Å²) in [5, 5.41) is 2.97. The number of aromatic nitrogens is 3. The monoisotopic (exact) mass is 311 g/mol. The molecule has 0 spiro atoms. The van der Waals surface area contributed by atoms with E-state index < -0.39 is 11.2 Å². The molecule has 0 bridgehead atoms. The number of ether oxygens (including phenoxy) is 1. The Morgan fingerprint density at radius 3 is 2.90 bits per heavy atom. The van der Waals surface area contributed by atoms with Gasteiger partial charge in [-0.2, -0.15) is 0 Å². The first-order valence-electron chi connectivity index (χ1n) is 6.29. The van der Waals surface area contributed by atoms with Gasteiger partial charge in [-0.25, -0.2) is 9.78 Å². The summed E-state index contributed by atoms with van der Waals surface area (Å²) in [6, 6.07) is 0. The third-order valence-corrected chi connectivity index (χ3v) is 3.96. The summed E-state index contributed by atoms with van der Waals surface area (Å²) in [6.07, 6.45) is 0. The number of aromatic amines is 1. The van der Waals surface area contributed by atoms with Crippen LogP contribution in [0, 0.1) is 6.92 Å². The second kappa shape index (κ2) is 6.55. The molecular formula is C12H17N5O3S. The number of nitrogens with zero attached hydrogens (tertiary/aromatic N) is 2. The third-order valence-electron chi connectivity index (χ3n) is 3.03. The van der Waals surface area contributed by atoms with Gasteiger partial charge < -0.3 is 15.8 Å². The number of hydrogen-bond donors (Lipinski definition) is 3. The molecular weight excluding hydrogens is 294 g/mol. The zero-order valence-electron chi connectivity index (χ0n) is 11.8. The average molecular weight is 311 g/mol. The van der Waals surface area contributed by atoms with Gasteiger partial charge in [-0.1, -0.05) is 0 Å². The number of methoxy groups -OCH3 is 1. The molecule has 114 valence electrons. The van der Waals surface area contributed by atoms with Crippen LogP contribution < -0.4 is 22.3 Å². The molecule has 9 heteroatoms. The van der Waals surface area contributed by atoms with Crippen LogP contribution in [0.3, 0.4) is 0 Å². The summed E-state index contributed by atoms with van der Waals surface area (Å²) in [4.78, 5) is 31.0. The minimum Gasteiger partial charge on any atom is -0.383 e. The molecule has 0 amide bonds. The predicted octanol–water partition coefficient (Wildman–Crippen LogP) is 0.142. The van der Waals surface area contributed by atoms with Gasteiger partial charge in [0.2, 0.25) is 0 Å². The summed E-state index contributed by atoms with van der Waals surface area (Å²) in [5.41, 5.74) is 7.65. The van der Waals surface area contributed by atoms with E-state index in [9.17, 15) is 9.59 Å². The Morgan fingerprint density at radius 1 is 1.52 bits per heavy atom. The number of anilines is 2. The molecule has 4 N–H and O–H groups in total. The fourth-order valence-electron chi connectivity index (χ4n) is 1.83. The smallest absolute Gasteiger partial charge is 0.330 e. The molecule has 0 saturated carbocycles. The van der Waals surface area contributed by atoms with E-state index in [1.807, 2.05) is 6.92 Å². The van der Waals surface area contributed by atoms with E-state index in [-0.39, 0.29) is 18.1 Å². The Labute approximate surface area is 124 Å². The molecule has 21 heavy (non-hydrogen) atoms. The van der Waals surface area contributed by atoms with Crippen molar-refractivity contribution in [2.75, 3.05) is 24.8 Å². The molecule has 0 aromatic carbocycles. The van der Waals surface area contributed by atoms with Crippen molar-refractivity contribution >= 4 is 22.8 Å². The Balaban J connectivity index is 2.28. The minimum atomic E-state index is -0.547. The number of nitrogens with two attached hydrogens (primary N) is 1. The van der Waals surface area contributed by atoms with Gasteiger partial charge in [-0.3, -0.25) is 14.3 Å². The van der Waals surface area contributed by atoms with E-state index >= 15 is 0 Å². The molecule has 8 nitrogen and oxygen atoms in total. The highest BCUT2D eigenvalue weighted by Gasteiger charge is 2.12. The van der Waals surface area contributed by atoms with Gasteiger partial charge >= 0.3 is 5.69 Å². The summed E-state index contributed by atoms with van der Waals surface area (Å²) in [7, 11) is 1.53. The van der Waals surface area contributed by atoms with Gasteiger partial charge in [0.05, 0.1) is 30.9 Å². The molecule has 2 rings (SSSR count). The van der Waals surface area contributed by atoms with Crippen molar-refractivity contribution in [2.24, 2.45) is 0 Å². The van der Waals surface area contributed by atoms with Crippen molar-refractivity contribution in [3.05, 3.63) is 36.9 Å². The van der Waals surface area contributed by atoms with Crippen LogP contribution in [0.15, 0.2) is 15.1 Å². The van der Waals surface area contributed by atoms with E-state index in [1.165, 1.54) is 23.0 Å². The van der Waals surface area contributed by atoms with Crippen LogP contribution in [-0.2, 0) is 17.8 Å². The van der Waals surface area contributed by atoms with Crippen LogP contribution in [0.4, 0.5) is 11.5 Å². The molecule has 2 aromatic rings. The van der Waals surface area contributed by atoms with Gasteiger partial charge in [0, 0.05) is 12.0 Å². The Bertz CT molecular complexity index is 733. The van der Waals surface area contributed by atoms with Crippen LogP contribution in [-0.4, -0.2) is 28.3 Å². The lowest BCUT2D eigenvalue weighted by Gasteiger charge is -2.13. The Hall–Kier alpha value is -2.13. The molecule has 0 fully saturated rings. The van der Waals surface area contributed by atoms with Gasteiger partial charge in [0.25, 0.3) is 5.56 Å². The van der Waals surface area contributed by atoms with Crippen LogP contribution in [0.25, 0.3) is 0 Å². The number of hydrogen-bond acceptors (Lipinski definition) is 7. The van der Waals surface area contributed by atoms with Crippen molar-refractivity contribution in [1.29, 1.82) is 0 Å². The zero-order chi connectivity index (χ0) is 15.4. The molecule has 0 aliphatic rings. The van der Waals surface area contributed by atoms with E-state index in [1.54, 1.807) is 5.51 Å². The summed E-state index contributed by atoms with van der Waals surface area (Å²) in [5.74, 6) is 0.1000. The lowest BCUT2D eigenvalue weighted by atomic mass is 10.3. The third kappa shape index (κ3) is 3.31. The largest absolute Gasteiger partial charge is 0.383 e. The maximum Gasteiger partial charge on any atom is 0.330 e. The first-order valence-corrected chi connectivity index (χ1v) is 7.17. The van der Waals surface area contributed by atoms with E-state index in [0.29, 0.717) is 13.2 Å². The first kappa shape index (κ1) is 15.3. The summed E-state index contributed by atoms with van der Waals surface area (Å²) in [6.45, 7) is 2.91. The number of nitrogen functional groups attached to an aromatic ring is 1. The fourth-order valence-corrected chi connectivity index (χ4v) is 2.54. The normalized spacial score (nSPS) is 10.8. The topological polar surface area (TPSA) is 115 Å². The van der Waals surface area contributed by atoms with Crippen molar-refractivity contribution in [3.63, 3.8) is 0 Å². The molecule has 0 aliphatic heterocycles. The van der Waals surface area contributed by atoms with Crippen molar-refractivity contribution in [3.8, 4) is 0 Å². The first-order chi connectivity index (χ1) is 10.0. The van der Waals surface area contributed by atoms with E-state index in [0.717, 1.165) is 10.6 Å². The van der Waals surface area contributed by atoms with Crippen LogP contribution in [0.1, 0.15) is 10.6 Å². The Morgan fingerprint density at radius 2 is 2.29 bits per heavy atom. The number of rotatable bonds is 6. The highest BCUT2D eigenvalue weighted by Crippen LogP contribution is 2.16. The zero-order valence-corrected chi connectivity index (χ0v) is 12.6. The summed E-state index contributed by atoms with van der Waals surface area (Å²) >= 11 is 1.49. The SMILES string of the molecule is COCCn1c(N)c(NCc2scnc2C)c(=O)[nH]c1=O. The minimum absolute atomic E-state index is 0.1000. The highest BCUT2D eigenvalue weighted by atomic mass is 32.1. The van der Waals surface area contributed by atoms with Crippen LogP contribution in [0.5, 0.6) is 0 Å². The molecule has 0 atom stereocenters. The number of aryl methyl sites for hydroxylation is 1. The highest BCUT2D eigenvalue weighted by molar-refractivity contribution is 7.09. The van der Waals surface area contributed by atoms with E-state index in [4.69, 9.17) is 10.5 Å². The maximum atomic E-state index is 11.9. The molecule has 2 aromatic heterocycles. The van der Waals surface area contributed by atoms with Crippen molar-refractivity contribution in [2.45, 2.75) is 20.0 Å². The Kier molecular flexibility index (Phi) is 4.76. The lowest BCUT2D eigenvalue weighted by Crippen LogP contribution is -2.34. The number of H-pyrrole nitrogens is 1. The van der Waals surface area contributed by atoms with Crippen LogP contribution in [0.2, 0.25) is 0 Å². The second-order valence-corrected chi connectivity index (χ2v) is 5.32. The quantitative estimate of drug-likeness (QED) is 0.699. The maximum absolute atomic E-state index is 11.9. The van der Waals surface area contributed by atoms with Crippen molar-refractivity contribution < 1.29 is 4.74 Å². The predicted molar refractivity (Wildman–Crippen MR) is 81.8 cm³/mol. The van der Waals surface area contributed by atoms with Gasteiger partial charge in [0.1, 0.15) is 11.5 Å². The standard InChI is InChI=1S/C12H17N5O3S/c1-7-8(21-6-15-7)5-14-9-10(13)17(3-4-20-2)12(19)16-11(9)18/h6,14H,3-5,13H2,1-2H3,(H,16,18,19). The summed E-state index contributed by atoms with van der Waals surface area (Å²) < 4.78 is 6.20. The number of nitrogens with one attached hydrogen (secondary N) is 2. The molecule has 0 unspecified atom stereocenters. The van der Waals surface area contributed by atoms with Gasteiger partial charge in [0.15, 0.2) is 0 Å². The van der Waals surface area contributed by atoms with Gasteiger partial charge in [-0.15, -0.1) is 11.3 Å². The number of thiazole rings is 1. The van der Waals surface area contributed by atoms with Crippen LogP contribution >= 0.6 is 11.3 Å². The van der Waals surface area contributed by atoms with Gasteiger partial charge in [-0.05, 0) is 6.92 Å².